The van der Waals surface area contributed by atoms with Crippen LogP contribution >= 0.6 is 0 Å². The van der Waals surface area contributed by atoms with E-state index in [-0.39, 0.29) is 12.6 Å². The molecular formula is C10H21NO. The number of aliphatic hydroxyl groups is 1. The quantitative estimate of drug-likeness (QED) is 0.571. The molecule has 0 saturated carbocycles. The van der Waals surface area contributed by atoms with Crippen molar-refractivity contribution in [2.45, 2.75) is 45.2 Å². The lowest BCUT2D eigenvalue weighted by atomic mass is 10.1. The van der Waals surface area contributed by atoms with Crippen LogP contribution in [0.5, 0.6) is 0 Å². The molecule has 0 spiro atoms. The van der Waals surface area contributed by atoms with Crippen LogP contribution in [-0.2, 0) is 0 Å². The van der Waals surface area contributed by atoms with Gasteiger partial charge in [-0.25, -0.2) is 0 Å². The summed E-state index contributed by atoms with van der Waals surface area (Å²) >= 11 is 0. The van der Waals surface area contributed by atoms with Crippen LogP contribution in [0.2, 0.25) is 0 Å². The van der Waals surface area contributed by atoms with Crippen molar-refractivity contribution in [3.63, 3.8) is 0 Å². The Morgan fingerprint density at radius 1 is 1.58 bits per heavy atom. The zero-order valence-corrected chi connectivity index (χ0v) is 8.21. The van der Waals surface area contributed by atoms with Crippen molar-refractivity contribution in [3.8, 4) is 0 Å². The Labute approximate surface area is 75.7 Å². The van der Waals surface area contributed by atoms with Crippen molar-refractivity contribution in [2.75, 3.05) is 6.61 Å². The van der Waals surface area contributed by atoms with E-state index < -0.39 is 0 Å². The maximum Gasteiger partial charge on any atom is 0.0584 e. The van der Waals surface area contributed by atoms with E-state index in [1.54, 1.807) is 0 Å². The third-order valence-electron chi connectivity index (χ3n) is 2.04. The molecule has 72 valence electrons. The van der Waals surface area contributed by atoms with Gasteiger partial charge in [0.15, 0.2) is 0 Å². The van der Waals surface area contributed by atoms with Gasteiger partial charge in [0.05, 0.1) is 6.61 Å². The second-order valence-corrected chi connectivity index (χ2v) is 3.22. The second-order valence-electron chi connectivity index (χ2n) is 3.22. The van der Waals surface area contributed by atoms with E-state index >= 15 is 0 Å². The first-order valence-electron chi connectivity index (χ1n) is 4.72. The summed E-state index contributed by atoms with van der Waals surface area (Å²) in [7, 11) is 0. The van der Waals surface area contributed by atoms with E-state index in [4.69, 9.17) is 5.11 Å². The smallest absolute Gasteiger partial charge is 0.0584 e. The molecule has 0 heterocycles. The molecule has 2 N–H and O–H groups in total. The van der Waals surface area contributed by atoms with Gasteiger partial charge >= 0.3 is 0 Å². The number of nitrogens with one attached hydrogen (secondary N) is 1. The van der Waals surface area contributed by atoms with E-state index in [2.05, 4.69) is 25.7 Å². The van der Waals surface area contributed by atoms with E-state index in [0.717, 1.165) is 19.3 Å². The Hall–Kier alpha value is -0.340. The van der Waals surface area contributed by atoms with Gasteiger partial charge in [0.2, 0.25) is 0 Å². The average Bonchev–Trinajstić information content (AvgIpc) is 2.10. The first-order chi connectivity index (χ1) is 5.74. The highest BCUT2D eigenvalue weighted by molar-refractivity contribution is 4.74. The molecule has 0 aromatic rings. The van der Waals surface area contributed by atoms with Crippen molar-refractivity contribution in [3.05, 3.63) is 12.7 Å². The molecule has 0 rings (SSSR count). The van der Waals surface area contributed by atoms with Crippen molar-refractivity contribution < 1.29 is 5.11 Å². The first-order valence-corrected chi connectivity index (χ1v) is 4.72. The van der Waals surface area contributed by atoms with Crippen LogP contribution in [0.4, 0.5) is 0 Å². The molecule has 0 amide bonds. The predicted molar refractivity (Wildman–Crippen MR) is 53.2 cm³/mol. The molecule has 0 aromatic carbocycles. The van der Waals surface area contributed by atoms with E-state index in [1.165, 1.54) is 0 Å². The van der Waals surface area contributed by atoms with Gasteiger partial charge in [-0.15, -0.1) is 6.58 Å². The van der Waals surface area contributed by atoms with Crippen LogP contribution in [0.3, 0.4) is 0 Å². The molecule has 0 saturated heterocycles. The fourth-order valence-electron chi connectivity index (χ4n) is 1.15. The highest BCUT2D eigenvalue weighted by Crippen LogP contribution is 1.99. The van der Waals surface area contributed by atoms with Crippen LogP contribution < -0.4 is 5.32 Å². The van der Waals surface area contributed by atoms with Crippen molar-refractivity contribution in [2.24, 2.45) is 0 Å². The topological polar surface area (TPSA) is 32.3 Å². The molecule has 0 fully saturated rings. The zero-order chi connectivity index (χ0) is 9.40. The second kappa shape index (κ2) is 7.32. The Balaban J connectivity index is 3.50. The molecule has 0 aliphatic carbocycles. The molecule has 2 nitrogen and oxygen atoms in total. The average molecular weight is 171 g/mol. The highest BCUT2D eigenvalue weighted by Gasteiger charge is 2.07. The summed E-state index contributed by atoms with van der Waals surface area (Å²) in [5.41, 5.74) is 0. The molecule has 2 unspecified atom stereocenters. The molecule has 0 aliphatic heterocycles. The van der Waals surface area contributed by atoms with Crippen LogP contribution in [0, 0.1) is 0 Å². The summed E-state index contributed by atoms with van der Waals surface area (Å²) in [5.74, 6) is 0. The summed E-state index contributed by atoms with van der Waals surface area (Å²) in [6.07, 6.45) is 5.04. The largest absolute Gasteiger partial charge is 0.395 e. The van der Waals surface area contributed by atoms with Crippen molar-refractivity contribution in [1.82, 2.24) is 5.32 Å². The summed E-state index contributed by atoms with van der Waals surface area (Å²) in [6, 6.07) is 0.727. The van der Waals surface area contributed by atoms with Crippen molar-refractivity contribution in [1.29, 1.82) is 0 Å². The Morgan fingerprint density at radius 2 is 2.25 bits per heavy atom. The van der Waals surface area contributed by atoms with Gasteiger partial charge in [-0.3, -0.25) is 0 Å². The van der Waals surface area contributed by atoms with Gasteiger partial charge in [0.25, 0.3) is 0 Å². The predicted octanol–water partition coefficient (Wildman–Crippen LogP) is 1.70. The maximum absolute atomic E-state index is 8.92. The van der Waals surface area contributed by atoms with Gasteiger partial charge in [-0.1, -0.05) is 13.0 Å². The third-order valence-corrected chi connectivity index (χ3v) is 2.04. The van der Waals surface area contributed by atoms with Crippen LogP contribution in [-0.4, -0.2) is 23.8 Å². The third kappa shape index (κ3) is 5.33. The summed E-state index contributed by atoms with van der Waals surface area (Å²) in [4.78, 5) is 0. The first kappa shape index (κ1) is 11.7. The van der Waals surface area contributed by atoms with Gasteiger partial charge < -0.3 is 10.4 Å². The fourth-order valence-corrected chi connectivity index (χ4v) is 1.15. The molecule has 0 radical (unpaired) electrons. The minimum Gasteiger partial charge on any atom is -0.395 e. The maximum atomic E-state index is 8.92. The monoisotopic (exact) mass is 171 g/mol. The molecule has 0 aliphatic rings. The fraction of sp³-hybridized carbons (Fsp3) is 0.800. The van der Waals surface area contributed by atoms with Gasteiger partial charge in [0, 0.05) is 12.1 Å². The zero-order valence-electron chi connectivity index (χ0n) is 8.21. The Bertz CT molecular complexity index is 110. The Morgan fingerprint density at radius 3 is 2.67 bits per heavy atom. The minimum absolute atomic E-state index is 0.231. The number of hydrogen-bond donors (Lipinski definition) is 2. The van der Waals surface area contributed by atoms with Gasteiger partial charge in [-0.05, 0) is 26.2 Å². The van der Waals surface area contributed by atoms with E-state index in [1.807, 2.05) is 6.08 Å². The summed E-state index contributed by atoms with van der Waals surface area (Å²) < 4.78 is 0. The van der Waals surface area contributed by atoms with Crippen LogP contribution in [0.1, 0.15) is 33.1 Å². The van der Waals surface area contributed by atoms with Gasteiger partial charge in [0.1, 0.15) is 0 Å². The molecule has 2 heteroatoms. The standard InChI is InChI=1S/C10H21NO/c1-4-6-7-9(3)11-10(5-2)8-12/h4,9-12H,1,5-8H2,2-3H3. The number of rotatable bonds is 7. The lowest BCUT2D eigenvalue weighted by Gasteiger charge is -2.19. The normalized spacial score (nSPS) is 15.6. The Kier molecular flexibility index (Phi) is 7.11. The summed E-state index contributed by atoms with van der Waals surface area (Å²) in [5, 5.41) is 12.3. The number of aliphatic hydroxyl groups excluding tert-OH is 1. The molecular weight excluding hydrogens is 150 g/mol. The molecule has 2 atom stereocenters. The number of allylic oxidation sites excluding steroid dienone is 1. The van der Waals surface area contributed by atoms with Gasteiger partial charge in [-0.2, -0.15) is 0 Å². The van der Waals surface area contributed by atoms with Crippen LogP contribution in [0.25, 0.3) is 0 Å². The number of hydrogen-bond acceptors (Lipinski definition) is 2. The van der Waals surface area contributed by atoms with E-state index in [0.29, 0.717) is 6.04 Å². The lowest BCUT2D eigenvalue weighted by Crippen LogP contribution is -2.38. The van der Waals surface area contributed by atoms with E-state index in [9.17, 15) is 0 Å². The van der Waals surface area contributed by atoms with Crippen LogP contribution in [0.15, 0.2) is 12.7 Å². The molecule has 0 bridgehead atoms. The SMILES string of the molecule is C=CCCC(C)NC(CC)CO. The summed E-state index contributed by atoms with van der Waals surface area (Å²) in [6.45, 7) is 8.12. The molecule has 12 heavy (non-hydrogen) atoms. The van der Waals surface area contributed by atoms with Crippen molar-refractivity contribution >= 4 is 0 Å². The lowest BCUT2D eigenvalue weighted by molar-refractivity contribution is 0.228. The minimum atomic E-state index is 0.231. The highest BCUT2D eigenvalue weighted by atomic mass is 16.3. The molecule has 0 aromatic heterocycles.